The lowest BCUT2D eigenvalue weighted by molar-refractivity contribution is -0.105. The van der Waals surface area contributed by atoms with Gasteiger partial charge in [-0.2, -0.15) is 8.78 Å². The predicted molar refractivity (Wildman–Crippen MR) is 131 cm³/mol. The van der Waals surface area contributed by atoms with Crippen LogP contribution in [0.2, 0.25) is 0 Å². The molecule has 5 rings (SSSR count). The van der Waals surface area contributed by atoms with Gasteiger partial charge in [0.25, 0.3) is 0 Å². The van der Waals surface area contributed by atoms with E-state index in [1.807, 2.05) is 30.1 Å². The number of benzene rings is 2. The van der Waals surface area contributed by atoms with Crippen LogP contribution in [0.1, 0.15) is 0 Å². The second-order valence-electron chi connectivity index (χ2n) is 8.21. The SMILES string of the molecule is CN1CCN(c2cc(OC(F)F)c(Nc3nccc(-c4noc5ccccc45)n3)cc2NC=O)CC1. The summed E-state index contributed by atoms with van der Waals surface area (Å²) in [6.45, 7) is -0.125. The maximum Gasteiger partial charge on any atom is 0.387 e. The number of halogens is 2. The van der Waals surface area contributed by atoms with Gasteiger partial charge >= 0.3 is 6.61 Å². The van der Waals surface area contributed by atoms with Crippen molar-refractivity contribution in [3.05, 3.63) is 48.7 Å². The van der Waals surface area contributed by atoms with Crippen LogP contribution < -0.4 is 20.3 Å². The van der Waals surface area contributed by atoms with E-state index in [1.165, 1.54) is 18.3 Å². The van der Waals surface area contributed by atoms with E-state index in [9.17, 15) is 13.6 Å². The Bertz CT molecular complexity index is 1370. The summed E-state index contributed by atoms with van der Waals surface area (Å²) in [4.78, 5) is 24.2. The molecule has 1 aliphatic rings. The zero-order chi connectivity index (χ0) is 25.1. The number of aromatic nitrogens is 3. The molecule has 1 fully saturated rings. The number of alkyl halides is 2. The molecule has 2 aromatic heterocycles. The van der Waals surface area contributed by atoms with Gasteiger partial charge in [0.1, 0.15) is 5.69 Å². The maximum absolute atomic E-state index is 13.3. The molecular weight excluding hydrogens is 472 g/mol. The van der Waals surface area contributed by atoms with Crippen molar-refractivity contribution in [1.29, 1.82) is 0 Å². The highest BCUT2D eigenvalue weighted by Crippen LogP contribution is 2.39. The number of carbonyl (C=O) groups is 1. The molecule has 2 N–H and O–H groups in total. The summed E-state index contributed by atoms with van der Waals surface area (Å²) < 4.78 is 36.8. The van der Waals surface area contributed by atoms with Crippen LogP contribution in [0.15, 0.2) is 53.2 Å². The fourth-order valence-corrected chi connectivity index (χ4v) is 4.09. The minimum absolute atomic E-state index is 0.101. The lowest BCUT2D eigenvalue weighted by Crippen LogP contribution is -2.44. The Kier molecular flexibility index (Phi) is 6.58. The average Bonchev–Trinajstić information content (AvgIpc) is 3.30. The van der Waals surface area contributed by atoms with E-state index >= 15 is 0 Å². The number of nitrogens with one attached hydrogen (secondary N) is 2. The Morgan fingerprint density at radius 3 is 2.69 bits per heavy atom. The van der Waals surface area contributed by atoms with Crippen molar-refractivity contribution < 1.29 is 22.8 Å². The topological polar surface area (TPSA) is 109 Å². The molecule has 1 amide bonds. The fourth-order valence-electron chi connectivity index (χ4n) is 4.09. The first-order chi connectivity index (χ1) is 17.5. The number of para-hydroxylation sites is 1. The van der Waals surface area contributed by atoms with Crippen molar-refractivity contribution in [3.63, 3.8) is 0 Å². The monoisotopic (exact) mass is 495 g/mol. The largest absolute Gasteiger partial charge is 0.433 e. The standard InChI is InChI=1S/C24H23F2N7O3/c1-32-8-10-33(11-9-32)19-13-21(35-23(25)26)18(12-17(19)28-14-34)30-24-27-7-6-16(29-24)22-15-4-2-3-5-20(15)36-31-22/h2-7,12-14,23H,8-11H2,1H3,(H,28,34)(H,27,29,30). The van der Waals surface area contributed by atoms with Crippen LogP contribution in [0.25, 0.3) is 22.4 Å². The third kappa shape index (κ3) is 4.89. The maximum atomic E-state index is 13.3. The van der Waals surface area contributed by atoms with Crippen LogP contribution in [-0.4, -0.2) is 66.3 Å². The first-order valence-corrected chi connectivity index (χ1v) is 11.2. The second kappa shape index (κ2) is 10.1. The van der Waals surface area contributed by atoms with Crippen LogP contribution in [0.3, 0.4) is 0 Å². The van der Waals surface area contributed by atoms with Crippen LogP contribution in [0.4, 0.5) is 31.8 Å². The van der Waals surface area contributed by atoms with E-state index in [1.54, 1.807) is 12.1 Å². The minimum Gasteiger partial charge on any atom is -0.433 e. The van der Waals surface area contributed by atoms with E-state index in [4.69, 9.17) is 9.26 Å². The van der Waals surface area contributed by atoms with E-state index in [0.717, 1.165) is 18.5 Å². The lowest BCUT2D eigenvalue weighted by atomic mass is 10.1. The van der Waals surface area contributed by atoms with Crippen molar-refractivity contribution >= 4 is 40.4 Å². The highest BCUT2D eigenvalue weighted by atomic mass is 19.3. The smallest absolute Gasteiger partial charge is 0.387 e. The molecule has 1 aliphatic heterocycles. The number of amides is 1. The first-order valence-electron chi connectivity index (χ1n) is 11.2. The fraction of sp³-hybridized carbons (Fsp3) is 0.250. The highest BCUT2D eigenvalue weighted by molar-refractivity contribution is 5.91. The number of hydrogen-bond acceptors (Lipinski definition) is 9. The van der Waals surface area contributed by atoms with Crippen LogP contribution >= 0.6 is 0 Å². The number of nitrogens with zero attached hydrogens (tertiary/aromatic N) is 5. The van der Waals surface area contributed by atoms with Crippen LogP contribution in [-0.2, 0) is 4.79 Å². The molecule has 10 nitrogen and oxygen atoms in total. The zero-order valence-corrected chi connectivity index (χ0v) is 19.3. The number of piperazine rings is 1. The molecule has 0 spiro atoms. The molecule has 1 saturated heterocycles. The number of likely N-dealkylation sites (N-methyl/N-ethyl adjacent to an activating group) is 1. The number of ether oxygens (including phenoxy) is 1. The number of carbonyl (C=O) groups excluding carboxylic acids is 1. The molecule has 186 valence electrons. The van der Waals surface area contributed by atoms with Gasteiger partial charge in [-0.05, 0) is 31.3 Å². The summed E-state index contributed by atoms with van der Waals surface area (Å²) >= 11 is 0. The number of anilines is 4. The summed E-state index contributed by atoms with van der Waals surface area (Å²) in [5.41, 5.74) is 2.80. The van der Waals surface area contributed by atoms with Gasteiger partial charge in [-0.15, -0.1) is 0 Å². The van der Waals surface area contributed by atoms with Gasteiger partial charge in [-0.25, -0.2) is 9.97 Å². The minimum atomic E-state index is -3.05. The Morgan fingerprint density at radius 2 is 1.92 bits per heavy atom. The number of hydrogen-bond donors (Lipinski definition) is 2. The Labute approximate surface area is 204 Å². The lowest BCUT2D eigenvalue weighted by Gasteiger charge is -2.35. The number of rotatable bonds is 8. The molecule has 0 atom stereocenters. The summed E-state index contributed by atoms with van der Waals surface area (Å²) in [6, 6.07) is 12.0. The van der Waals surface area contributed by atoms with Gasteiger partial charge < -0.3 is 29.7 Å². The molecule has 0 unspecified atom stereocenters. The van der Waals surface area contributed by atoms with E-state index in [2.05, 4.69) is 30.7 Å². The van der Waals surface area contributed by atoms with Gasteiger partial charge in [0, 0.05) is 38.4 Å². The second-order valence-corrected chi connectivity index (χ2v) is 8.21. The van der Waals surface area contributed by atoms with Gasteiger partial charge in [-0.1, -0.05) is 17.3 Å². The number of fused-ring (bicyclic) bond motifs is 1. The Balaban J connectivity index is 1.51. The molecule has 12 heteroatoms. The molecule has 36 heavy (non-hydrogen) atoms. The summed E-state index contributed by atoms with van der Waals surface area (Å²) in [7, 11) is 2.01. The average molecular weight is 495 g/mol. The van der Waals surface area contributed by atoms with E-state index in [0.29, 0.717) is 47.8 Å². The molecule has 4 aromatic rings. The van der Waals surface area contributed by atoms with Crippen molar-refractivity contribution in [2.24, 2.45) is 0 Å². The van der Waals surface area contributed by atoms with Crippen molar-refractivity contribution in [2.75, 3.05) is 48.8 Å². The molecule has 3 heterocycles. The Hall–Kier alpha value is -4.32. The van der Waals surface area contributed by atoms with Gasteiger partial charge in [-0.3, -0.25) is 4.79 Å². The summed E-state index contributed by atoms with van der Waals surface area (Å²) in [5, 5.41) is 10.5. The summed E-state index contributed by atoms with van der Waals surface area (Å²) in [6.07, 6.45) is 2.06. The molecule has 0 saturated carbocycles. The van der Waals surface area contributed by atoms with E-state index in [-0.39, 0.29) is 17.4 Å². The normalized spacial score (nSPS) is 14.3. The first kappa shape index (κ1) is 23.4. The van der Waals surface area contributed by atoms with Crippen LogP contribution in [0, 0.1) is 0 Å². The molecule has 0 bridgehead atoms. The van der Waals surface area contributed by atoms with Gasteiger partial charge in [0.05, 0.1) is 28.1 Å². The van der Waals surface area contributed by atoms with Crippen LogP contribution in [0.5, 0.6) is 5.75 Å². The third-order valence-corrected chi connectivity index (χ3v) is 5.89. The van der Waals surface area contributed by atoms with Crippen molar-refractivity contribution in [3.8, 4) is 17.1 Å². The van der Waals surface area contributed by atoms with Crippen molar-refractivity contribution in [2.45, 2.75) is 6.61 Å². The predicted octanol–water partition coefficient (Wildman–Crippen LogP) is 3.95. The van der Waals surface area contributed by atoms with E-state index < -0.39 is 6.61 Å². The molecule has 0 radical (unpaired) electrons. The van der Waals surface area contributed by atoms with Gasteiger partial charge in [0.2, 0.25) is 12.4 Å². The van der Waals surface area contributed by atoms with Crippen molar-refractivity contribution in [1.82, 2.24) is 20.0 Å². The molecule has 0 aliphatic carbocycles. The quantitative estimate of drug-likeness (QED) is 0.351. The third-order valence-electron chi connectivity index (χ3n) is 5.89. The molecule has 2 aromatic carbocycles. The highest BCUT2D eigenvalue weighted by Gasteiger charge is 2.22. The summed E-state index contributed by atoms with van der Waals surface area (Å²) in [5.74, 6) is 0.0272. The zero-order valence-electron chi connectivity index (χ0n) is 19.3. The molecular formula is C24H23F2N7O3. The Morgan fingerprint density at radius 1 is 1.11 bits per heavy atom. The van der Waals surface area contributed by atoms with Gasteiger partial charge in [0.15, 0.2) is 11.3 Å².